The van der Waals surface area contributed by atoms with Gasteiger partial charge in [0.15, 0.2) is 0 Å². The van der Waals surface area contributed by atoms with E-state index in [0.717, 1.165) is 12.8 Å². The number of amides is 1. The molecule has 2 atom stereocenters. The molecule has 6 nitrogen and oxygen atoms in total. The minimum atomic E-state index is -1.00. The van der Waals surface area contributed by atoms with Crippen LogP contribution in [0.1, 0.15) is 35.8 Å². The molecule has 2 heterocycles. The molecule has 1 N–H and O–H groups in total. The van der Waals surface area contributed by atoms with Crippen LogP contribution in [-0.2, 0) is 9.53 Å². The van der Waals surface area contributed by atoms with Gasteiger partial charge in [-0.15, -0.1) is 0 Å². The molecule has 0 bridgehead atoms. The molecule has 21 heavy (non-hydrogen) atoms. The van der Waals surface area contributed by atoms with Crippen molar-refractivity contribution in [3.05, 3.63) is 23.0 Å². The molecule has 1 aromatic rings. The summed E-state index contributed by atoms with van der Waals surface area (Å²) >= 11 is 6.01. The second-order valence-electron chi connectivity index (χ2n) is 5.59. The summed E-state index contributed by atoms with van der Waals surface area (Å²) in [4.78, 5) is 25.5. The lowest BCUT2D eigenvalue weighted by Crippen LogP contribution is -2.41. The maximum Gasteiger partial charge on any atom is 0.326 e. The Morgan fingerprint density at radius 3 is 2.71 bits per heavy atom. The molecule has 1 saturated carbocycles. The zero-order valence-electron chi connectivity index (χ0n) is 11.7. The van der Waals surface area contributed by atoms with Gasteiger partial charge in [0, 0.05) is 32.3 Å². The fourth-order valence-corrected chi connectivity index (χ4v) is 3.05. The highest BCUT2D eigenvalue weighted by Gasteiger charge is 2.41. The number of aromatic nitrogens is 1. The number of ether oxygens (including phenoxy) is 1. The van der Waals surface area contributed by atoms with Crippen LogP contribution in [0, 0.1) is 0 Å². The Hall–Kier alpha value is -1.53. The molecule has 3 rings (SSSR count). The van der Waals surface area contributed by atoms with Gasteiger partial charge in [0.2, 0.25) is 0 Å². The van der Waals surface area contributed by atoms with Gasteiger partial charge in [0.1, 0.15) is 11.7 Å². The first kappa shape index (κ1) is 14.4. The Kier molecular flexibility index (Phi) is 3.67. The van der Waals surface area contributed by atoms with Crippen molar-refractivity contribution < 1.29 is 19.4 Å². The second kappa shape index (κ2) is 5.35. The van der Waals surface area contributed by atoms with Crippen molar-refractivity contribution in [1.29, 1.82) is 0 Å². The first-order valence-corrected chi connectivity index (χ1v) is 7.33. The molecule has 1 saturated heterocycles. The number of aliphatic carboxylic acids is 1. The number of hydrogen-bond donors (Lipinski definition) is 1. The summed E-state index contributed by atoms with van der Waals surface area (Å²) < 4.78 is 7.08. The summed E-state index contributed by atoms with van der Waals surface area (Å²) in [6.07, 6.45) is 3.86. The number of carboxylic acid groups (broad SMARTS) is 1. The number of likely N-dealkylation sites (tertiary alicyclic amines) is 1. The Bertz CT molecular complexity index is 582. The zero-order chi connectivity index (χ0) is 15.1. The molecular formula is C14H17ClN2O4. The molecule has 114 valence electrons. The molecule has 1 amide bonds. The maximum atomic E-state index is 12.7. The van der Waals surface area contributed by atoms with Crippen molar-refractivity contribution in [2.75, 3.05) is 13.7 Å². The van der Waals surface area contributed by atoms with Crippen molar-refractivity contribution in [3.63, 3.8) is 0 Å². The van der Waals surface area contributed by atoms with Crippen LogP contribution < -0.4 is 0 Å². The van der Waals surface area contributed by atoms with Gasteiger partial charge in [-0.05, 0) is 18.9 Å². The van der Waals surface area contributed by atoms with Gasteiger partial charge >= 0.3 is 5.97 Å². The third-order valence-corrected chi connectivity index (χ3v) is 4.32. The van der Waals surface area contributed by atoms with Crippen molar-refractivity contribution in [3.8, 4) is 0 Å². The molecule has 0 spiro atoms. The van der Waals surface area contributed by atoms with Crippen LogP contribution in [0.2, 0.25) is 5.02 Å². The normalized spacial score (nSPS) is 25.3. The average molecular weight is 313 g/mol. The largest absolute Gasteiger partial charge is 0.480 e. The highest BCUT2D eigenvalue weighted by Crippen LogP contribution is 2.38. The van der Waals surface area contributed by atoms with E-state index in [-0.39, 0.29) is 12.0 Å². The molecule has 1 aliphatic carbocycles. The molecule has 2 fully saturated rings. The number of halogens is 1. The van der Waals surface area contributed by atoms with Gasteiger partial charge in [0.05, 0.1) is 11.1 Å². The molecule has 7 heteroatoms. The SMILES string of the molecule is COC1CC(C(=O)O)N(C(=O)c2cc(Cl)cn2C2CC2)C1. The highest BCUT2D eigenvalue weighted by molar-refractivity contribution is 6.31. The standard InChI is InChI=1S/C14H17ClN2O4/c1-21-10-5-12(14(19)20)17(7-10)13(18)11-4-8(15)6-16(11)9-2-3-9/h4,6,9-10,12H,2-3,5,7H2,1H3,(H,19,20). The Balaban J connectivity index is 1.88. The quantitative estimate of drug-likeness (QED) is 0.920. The van der Waals surface area contributed by atoms with Gasteiger partial charge in [-0.3, -0.25) is 4.79 Å². The Morgan fingerprint density at radius 1 is 1.43 bits per heavy atom. The predicted molar refractivity (Wildman–Crippen MR) is 75.6 cm³/mol. The Morgan fingerprint density at radius 2 is 2.14 bits per heavy atom. The van der Waals surface area contributed by atoms with Crippen molar-refractivity contribution in [2.45, 2.75) is 37.5 Å². The topological polar surface area (TPSA) is 71.8 Å². The molecule has 0 radical (unpaired) electrons. The maximum absolute atomic E-state index is 12.7. The van der Waals surface area contributed by atoms with Gasteiger partial charge in [-0.25, -0.2) is 4.79 Å². The zero-order valence-corrected chi connectivity index (χ0v) is 12.4. The summed E-state index contributed by atoms with van der Waals surface area (Å²) in [5.74, 6) is -1.29. The third kappa shape index (κ3) is 2.65. The molecular weight excluding hydrogens is 296 g/mol. The number of rotatable bonds is 4. The monoisotopic (exact) mass is 312 g/mol. The summed E-state index contributed by atoms with van der Waals surface area (Å²) in [7, 11) is 1.53. The van der Waals surface area contributed by atoms with Crippen molar-refractivity contribution in [2.24, 2.45) is 0 Å². The predicted octanol–water partition coefficient (Wildman–Crippen LogP) is 1.79. The third-order valence-electron chi connectivity index (χ3n) is 4.12. The van der Waals surface area contributed by atoms with Crippen LogP contribution in [0.25, 0.3) is 0 Å². The van der Waals surface area contributed by atoms with E-state index in [1.807, 2.05) is 4.57 Å². The van der Waals surface area contributed by atoms with E-state index in [0.29, 0.717) is 29.7 Å². The molecule has 1 aliphatic heterocycles. The van der Waals surface area contributed by atoms with Crippen LogP contribution in [0.4, 0.5) is 0 Å². The van der Waals surface area contributed by atoms with E-state index in [2.05, 4.69) is 0 Å². The molecule has 0 aromatic carbocycles. The van der Waals surface area contributed by atoms with Crippen LogP contribution in [0.15, 0.2) is 12.3 Å². The van der Waals surface area contributed by atoms with Crippen LogP contribution in [0.5, 0.6) is 0 Å². The second-order valence-corrected chi connectivity index (χ2v) is 6.02. The highest BCUT2D eigenvalue weighted by atomic mass is 35.5. The molecule has 2 unspecified atom stereocenters. The molecule has 2 aliphatic rings. The van der Waals surface area contributed by atoms with E-state index in [1.165, 1.54) is 12.0 Å². The summed E-state index contributed by atoms with van der Waals surface area (Å²) in [6, 6.07) is 1.07. The van der Waals surface area contributed by atoms with Crippen LogP contribution in [-0.4, -0.2) is 52.3 Å². The first-order chi connectivity index (χ1) is 10.0. The number of carbonyl (C=O) groups excluding carboxylic acids is 1. The fourth-order valence-electron chi connectivity index (χ4n) is 2.85. The minimum absolute atomic E-state index is 0.241. The average Bonchev–Trinajstić information content (AvgIpc) is 3.07. The lowest BCUT2D eigenvalue weighted by atomic mass is 10.2. The minimum Gasteiger partial charge on any atom is -0.480 e. The summed E-state index contributed by atoms with van der Waals surface area (Å²) in [5, 5.41) is 9.81. The van der Waals surface area contributed by atoms with E-state index < -0.39 is 12.0 Å². The van der Waals surface area contributed by atoms with Gasteiger partial charge in [0.25, 0.3) is 5.91 Å². The number of hydrogen-bond acceptors (Lipinski definition) is 3. The van der Waals surface area contributed by atoms with E-state index in [1.54, 1.807) is 12.3 Å². The number of carbonyl (C=O) groups is 2. The summed E-state index contributed by atoms with van der Waals surface area (Å²) in [6.45, 7) is 0.291. The smallest absolute Gasteiger partial charge is 0.326 e. The van der Waals surface area contributed by atoms with Crippen molar-refractivity contribution >= 4 is 23.5 Å². The van der Waals surface area contributed by atoms with Crippen LogP contribution in [0.3, 0.4) is 0 Å². The number of methoxy groups -OCH3 is 1. The van der Waals surface area contributed by atoms with Crippen molar-refractivity contribution in [1.82, 2.24) is 9.47 Å². The number of nitrogens with zero attached hydrogens (tertiary/aromatic N) is 2. The van der Waals surface area contributed by atoms with Gasteiger partial charge < -0.3 is 19.3 Å². The van der Waals surface area contributed by atoms with Gasteiger partial charge in [-0.2, -0.15) is 0 Å². The lowest BCUT2D eigenvalue weighted by molar-refractivity contribution is -0.141. The van der Waals surface area contributed by atoms with Gasteiger partial charge in [-0.1, -0.05) is 11.6 Å². The first-order valence-electron chi connectivity index (χ1n) is 6.95. The lowest BCUT2D eigenvalue weighted by Gasteiger charge is -2.22. The fraction of sp³-hybridized carbons (Fsp3) is 0.571. The van der Waals surface area contributed by atoms with E-state index in [9.17, 15) is 14.7 Å². The van der Waals surface area contributed by atoms with E-state index in [4.69, 9.17) is 16.3 Å². The Labute approximate surface area is 127 Å². The molecule has 1 aromatic heterocycles. The van der Waals surface area contributed by atoms with E-state index >= 15 is 0 Å². The number of carboxylic acids is 1. The van der Waals surface area contributed by atoms with Crippen LogP contribution >= 0.6 is 11.6 Å². The summed E-state index contributed by atoms with van der Waals surface area (Å²) in [5.41, 5.74) is 0.463.